The minimum atomic E-state index is -0.207. The maximum absolute atomic E-state index is 12.4. The van der Waals surface area contributed by atoms with Gasteiger partial charge in [0.1, 0.15) is 5.78 Å². The van der Waals surface area contributed by atoms with E-state index in [4.69, 9.17) is 0 Å². The van der Waals surface area contributed by atoms with E-state index < -0.39 is 0 Å². The van der Waals surface area contributed by atoms with Gasteiger partial charge in [-0.05, 0) is 47.3 Å². The molecular formula is C20H28O2. The molecule has 22 heavy (non-hydrogen) atoms. The van der Waals surface area contributed by atoms with Crippen LogP contribution in [0.15, 0.2) is 18.2 Å². The number of ketones is 1. The quantitative estimate of drug-likeness (QED) is 0.896. The Bertz CT molecular complexity index is 602. The molecule has 0 spiro atoms. The third kappa shape index (κ3) is 2.15. The van der Waals surface area contributed by atoms with Crippen LogP contribution in [0.25, 0.3) is 0 Å². The Labute approximate surface area is 133 Å². The summed E-state index contributed by atoms with van der Waals surface area (Å²) in [6.45, 7) is 8.91. The zero-order chi connectivity index (χ0) is 16.1. The van der Waals surface area contributed by atoms with Gasteiger partial charge in [-0.3, -0.25) is 4.79 Å². The topological polar surface area (TPSA) is 37.3 Å². The average Bonchev–Trinajstić information content (AvgIpc) is 2.50. The van der Waals surface area contributed by atoms with Crippen molar-refractivity contribution in [3.05, 3.63) is 34.9 Å². The summed E-state index contributed by atoms with van der Waals surface area (Å²) in [4.78, 5) is 12.4. The maximum Gasteiger partial charge on any atom is 0.138 e. The second-order valence-corrected chi connectivity index (χ2v) is 8.15. The van der Waals surface area contributed by atoms with Crippen molar-refractivity contribution in [1.29, 1.82) is 0 Å². The summed E-state index contributed by atoms with van der Waals surface area (Å²) < 4.78 is 0. The van der Waals surface area contributed by atoms with Gasteiger partial charge >= 0.3 is 0 Å². The standard InChI is InChI=1S/C20H28O2/c1-13(12-21)14-5-7-16-15(11-14)6-8-17-19(2,3)18(22)9-10-20(16,17)4/h5,7,11,13,17,21H,6,8-10,12H2,1-4H3/t13-,17-,20+/m0/s1. The molecule has 1 aromatic rings. The molecule has 0 unspecified atom stereocenters. The number of aliphatic hydroxyl groups excluding tert-OH is 1. The van der Waals surface area contributed by atoms with E-state index in [-0.39, 0.29) is 23.4 Å². The number of carbonyl (C=O) groups excluding carboxylic acids is 1. The molecule has 0 bridgehead atoms. The Balaban J connectivity index is 2.04. The summed E-state index contributed by atoms with van der Waals surface area (Å²) in [6, 6.07) is 6.74. The third-order valence-corrected chi connectivity index (χ3v) is 6.52. The van der Waals surface area contributed by atoms with Gasteiger partial charge in [0.15, 0.2) is 0 Å². The van der Waals surface area contributed by atoms with Gasteiger partial charge in [0.25, 0.3) is 0 Å². The molecule has 0 heterocycles. The molecule has 1 aromatic carbocycles. The van der Waals surface area contributed by atoms with E-state index in [1.165, 1.54) is 16.7 Å². The Morgan fingerprint density at radius 3 is 2.68 bits per heavy atom. The van der Waals surface area contributed by atoms with Gasteiger partial charge in [0, 0.05) is 24.4 Å². The number of carbonyl (C=O) groups is 1. The van der Waals surface area contributed by atoms with Crippen LogP contribution in [-0.4, -0.2) is 17.5 Å². The molecule has 2 nitrogen and oxygen atoms in total. The number of Topliss-reactive ketones (excluding diaryl/α,β-unsaturated/α-hetero) is 1. The summed E-state index contributed by atoms with van der Waals surface area (Å²) in [5.74, 6) is 1.07. The van der Waals surface area contributed by atoms with Gasteiger partial charge in [-0.15, -0.1) is 0 Å². The van der Waals surface area contributed by atoms with Crippen LogP contribution in [0.2, 0.25) is 0 Å². The normalized spacial score (nSPS) is 31.3. The Morgan fingerprint density at radius 2 is 2.00 bits per heavy atom. The monoisotopic (exact) mass is 300 g/mol. The van der Waals surface area contributed by atoms with Crippen molar-refractivity contribution in [1.82, 2.24) is 0 Å². The fourth-order valence-corrected chi connectivity index (χ4v) is 4.95. The molecular weight excluding hydrogens is 272 g/mol. The average molecular weight is 300 g/mol. The lowest BCUT2D eigenvalue weighted by molar-refractivity contribution is -0.137. The summed E-state index contributed by atoms with van der Waals surface area (Å²) in [7, 11) is 0. The van der Waals surface area contributed by atoms with Gasteiger partial charge in [0.05, 0.1) is 0 Å². The number of hydrogen-bond acceptors (Lipinski definition) is 2. The predicted octanol–water partition coefficient (Wildman–Crippen LogP) is 3.99. The van der Waals surface area contributed by atoms with Crippen molar-refractivity contribution in [2.45, 2.75) is 64.7 Å². The molecule has 1 fully saturated rings. The van der Waals surface area contributed by atoms with Crippen LogP contribution in [-0.2, 0) is 16.6 Å². The largest absolute Gasteiger partial charge is 0.396 e. The van der Waals surface area contributed by atoms with Gasteiger partial charge in [-0.1, -0.05) is 45.9 Å². The van der Waals surface area contributed by atoms with Crippen LogP contribution < -0.4 is 0 Å². The molecule has 120 valence electrons. The molecule has 0 aliphatic heterocycles. The number of aryl methyl sites for hydroxylation is 1. The van der Waals surface area contributed by atoms with Crippen LogP contribution in [0, 0.1) is 11.3 Å². The van der Waals surface area contributed by atoms with E-state index in [9.17, 15) is 9.90 Å². The zero-order valence-electron chi connectivity index (χ0n) is 14.3. The smallest absolute Gasteiger partial charge is 0.138 e. The van der Waals surface area contributed by atoms with Gasteiger partial charge in [-0.25, -0.2) is 0 Å². The molecule has 2 aliphatic carbocycles. The van der Waals surface area contributed by atoms with Crippen molar-refractivity contribution in [2.24, 2.45) is 11.3 Å². The van der Waals surface area contributed by atoms with Crippen molar-refractivity contribution in [3.8, 4) is 0 Å². The molecule has 0 saturated heterocycles. The van der Waals surface area contributed by atoms with Crippen LogP contribution >= 0.6 is 0 Å². The number of hydrogen-bond donors (Lipinski definition) is 1. The minimum Gasteiger partial charge on any atom is -0.396 e. The van der Waals surface area contributed by atoms with Crippen molar-refractivity contribution < 1.29 is 9.90 Å². The maximum atomic E-state index is 12.4. The highest BCUT2D eigenvalue weighted by Gasteiger charge is 2.53. The SMILES string of the molecule is C[C@@H](CO)c1ccc2c(c1)CC[C@H]1C(C)(C)C(=O)CC[C@]21C. The lowest BCUT2D eigenvalue weighted by atomic mass is 9.50. The Kier molecular flexibility index (Phi) is 3.71. The Morgan fingerprint density at radius 1 is 1.27 bits per heavy atom. The fourth-order valence-electron chi connectivity index (χ4n) is 4.95. The van der Waals surface area contributed by atoms with Crippen molar-refractivity contribution in [2.75, 3.05) is 6.61 Å². The first-order chi connectivity index (χ1) is 10.3. The predicted molar refractivity (Wildman–Crippen MR) is 89.1 cm³/mol. The van der Waals surface area contributed by atoms with Crippen LogP contribution in [0.3, 0.4) is 0 Å². The van der Waals surface area contributed by atoms with E-state index >= 15 is 0 Å². The van der Waals surface area contributed by atoms with Gasteiger partial charge < -0.3 is 5.11 Å². The molecule has 0 amide bonds. The van der Waals surface area contributed by atoms with Crippen molar-refractivity contribution in [3.63, 3.8) is 0 Å². The lowest BCUT2D eigenvalue weighted by Crippen LogP contribution is -2.52. The highest BCUT2D eigenvalue weighted by atomic mass is 16.3. The van der Waals surface area contributed by atoms with Crippen LogP contribution in [0.1, 0.15) is 69.6 Å². The molecule has 2 aliphatic rings. The molecule has 3 atom stereocenters. The molecule has 0 aromatic heterocycles. The lowest BCUT2D eigenvalue weighted by Gasteiger charge is -2.53. The van der Waals surface area contributed by atoms with E-state index in [2.05, 4.69) is 45.9 Å². The molecule has 0 radical (unpaired) electrons. The Hall–Kier alpha value is -1.15. The second kappa shape index (κ2) is 5.19. The second-order valence-electron chi connectivity index (χ2n) is 8.15. The third-order valence-electron chi connectivity index (χ3n) is 6.52. The van der Waals surface area contributed by atoms with Crippen LogP contribution in [0.4, 0.5) is 0 Å². The summed E-state index contributed by atoms with van der Waals surface area (Å²) in [6.07, 6.45) is 3.83. The zero-order valence-corrected chi connectivity index (χ0v) is 14.3. The van der Waals surface area contributed by atoms with E-state index in [0.717, 1.165) is 19.3 Å². The first-order valence-electron chi connectivity index (χ1n) is 8.58. The number of rotatable bonds is 2. The molecule has 2 heteroatoms. The first kappa shape index (κ1) is 15.7. The van der Waals surface area contributed by atoms with Gasteiger partial charge in [0.2, 0.25) is 0 Å². The number of benzene rings is 1. The summed E-state index contributed by atoms with van der Waals surface area (Å²) >= 11 is 0. The highest BCUT2D eigenvalue weighted by Crippen LogP contribution is 2.55. The summed E-state index contributed by atoms with van der Waals surface area (Å²) in [5, 5.41) is 9.39. The molecule has 1 N–H and O–H groups in total. The van der Waals surface area contributed by atoms with Crippen LogP contribution in [0.5, 0.6) is 0 Å². The van der Waals surface area contributed by atoms with E-state index in [1.54, 1.807) is 0 Å². The van der Waals surface area contributed by atoms with E-state index in [1.807, 2.05) is 0 Å². The number of fused-ring (bicyclic) bond motifs is 3. The van der Waals surface area contributed by atoms with Gasteiger partial charge in [-0.2, -0.15) is 0 Å². The fraction of sp³-hybridized carbons (Fsp3) is 0.650. The number of aliphatic hydroxyl groups is 1. The molecule has 3 rings (SSSR count). The molecule has 1 saturated carbocycles. The minimum absolute atomic E-state index is 0.117. The summed E-state index contributed by atoms with van der Waals surface area (Å²) in [5.41, 5.74) is 4.02. The first-order valence-corrected chi connectivity index (χ1v) is 8.58. The van der Waals surface area contributed by atoms with Crippen molar-refractivity contribution >= 4 is 5.78 Å². The highest BCUT2D eigenvalue weighted by molar-refractivity contribution is 5.86. The van der Waals surface area contributed by atoms with E-state index in [0.29, 0.717) is 18.1 Å².